The third-order valence-corrected chi connectivity index (χ3v) is 2.43. The molecule has 0 N–H and O–H groups in total. The molecule has 0 amide bonds. The van der Waals surface area contributed by atoms with Crippen molar-refractivity contribution in [3.63, 3.8) is 0 Å². The Bertz CT molecular complexity index is 289. The van der Waals surface area contributed by atoms with Gasteiger partial charge in [-0.25, -0.2) is 0 Å². The van der Waals surface area contributed by atoms with Crippen molar-refractivity contribution in [1.29, 1.82) is 0 Å². The molecule has 0 spiro atoms. The molecule has 0 atom stereocenters. The lowest BCUT2D eigenvalue weighted by atomic mass is 10.1. The van der Waals surface area contributed by atoms with E-state index in [0.29, 0.717) is 0 Å². The van der Waals surface area contributed by atoms with E-state index in [9.17, 15) is 4.79 Å². The van der Waals surface area contributed by atoms with Crippen LogP contribution in [0.5, 0.6) is 0 Å². The van der Waals surface area contributed by atoms with Crippen LogP contribution >= 0.6 is 0 Å². The van der Waals surface area contributed by atoms with Gasteiger partial charge in [0.1, 0.15) is 0 Å². The minimum Gasteiger partial charge on any atom is -0.286 e. The highest BCUT2D eigenvalue weighted by Crippen LogP contribution is 2.10. The second-order valence-electron chi connectivity index (χ2n) is 4.52. The van der Waals surface area contributed by atoms with Crippen LogP contribution in [0.4, 0.5) is 0 Å². The summed E-state index contributed by atoms with van der Waals surface area (Å²) in [5.74, 6) is 0. The molecule has 0 aliphatic carbocycles. The van der Waals surface area contributed by atoms with E-state index >= 15 is 0 Å². The number of rotatable bonds is 7. The maximum absolute atomic E-state index is 10.1. The molecule has 16 heavy (non-hydrogen) atoms. The minimum atomic E-state index is 0.954. The molecular weight excluding hydrogens is 196 g/mol. The van der Waals surface area contributed by atoms with Crippen LogP contribution in [0.25, 0.3) is 0 Å². The second-order valence-corrected chi connectivity index (χ2v) is 4.52. The molecule has 0 bridgehead atoms. The summed E-state index contributed by atoms with van der Waals surface area (Å²) in [5.41, 5.74) is 3.91. The first-order chi connectivity index (χ1) is 7.56. The molecule has 1 heteroatoms. The average molecular weight is 219 g/mol. The van der Waals surface area contributed by atoms with Gasteiger partial charge in [-0.05, 0) is 59.5 Å². The summed E-state index contributed by atoms with van der Waals surface area (Å²) < 4.78 is 0. The highest BCUT2D eigenvalue weighted by Gasteiger charge is 1.91. The lowest BCUT2D eigenvalue weighted by Crippen LogP contribution is -1.80. The van der Waals surface area contributed by atoms with E-state index in [1.807, 2.05) is 13.2 Å². The molecular formula is C15H23O. The van der Waals surface area contributed by atoms with Crippen molar-refractivity contribution in [2.75, 3.05) is 0 Å². The van der Waals surface area contributed by atoms with Crippen molar-refractivity contribution in [2.24, 2.45) is 0 Å². The van der Waals surface area contributed by atoms with Gasteiger partial charge in [-0.2, -0.15) is 0 Å². The summed E-state index contributed by atoms with van der Waals surface area (Å²) in [7, 11) is 0. The topological polar surface area (TPSA) is 17.1 Å². The van der Waals surface area contributed by atoms with Gasteiger partial charge in [0.25, 0.3) is 0 Å². The van der Waals surface area contributed by atoms with Gasteiger partial charge < -0.3 is 0 Å². The molecule has 89 valence electrons. The van der Waals surface area contributed by atoms with Crippen LogP contribution in [0.15, 0.2) is 34.9 Å². The van der Waals surface area contributed by atoms with Crippen LogP contribution < -0.4 is 0 Å². The van der Waals surface area contributed by atoms with Crippen LogP contribution in [0.1, 0.15) is 53.4 Å². The molecule has 0 saturated carbocycles. The van der Waals surface area contributed by atoms with Crippen molar-refractivity contribution < 1.29 is 4.79 Å². The minimum absolute atomic E-state index is 0.954. The highest BCUT2D eigenvalue weighted by molar-refractivity contribution is 5.66. The molecule has 0 rings (SSSR count). The van der Waals surface area contributed by atoms with E-state index in [0.717, 1.165) is 31.3 Å². The zero-order chi connectivity index (χ0) is 12.4. The molecule has 0 saturated heterocycles. The van der Waals surface area contributed by atoms with Crippen LogP contribution in [-0.4, -0.2) is 6.29 Å². The third-order valence-electron chi connectivity index (χ3n) is 2.43. The smallest absolute Gasteiger partial charge is 0.225 e. The summed E-state index contributed by atoms with van der Waals surface area (Å²) >= 11 is 0. The Morgan fingerprint density at radius 2 is 1.50 bits per heavy atom. The predicted molar refractivity (Wildman–Crippen MR) is 71.1 cm³/mol. The van der Waals surface area contributed by atoms with E-state index in [2.05, 4.69) is 32.9 Å². The van der Waals surface area contributed by atoms with Crippen molar-refractivity contribution in [2.45, 2.75) is 53.4 Å². The van der Waals surface area contributed by atoms with Crippen LogP contribution in [0.3, 0.4) is 0 Å². The molecule has 0 fully saturated rings. The summed E-state index contributed by atoms with van der Waals surface area (Å²) in [5, 5.41) is 0. The maximum Gasteiger partial charge on any atom is 0.225 e. The fourth-order valence-electron chi connectivity index (χ4n) is 1.41. The Labute approximate surface area is 99.9 Å². The van der Waals surface area contributed by atoms with Crippen LogP contribution in [0.2, 0.25) is 0 Å². The Balaban J connectivity index is 3.83. The van der Waals surface area contributed by atoms with Crippen molar-refractivity contribution in [1.82, 2.24) is 0 Å². The molecule has 0 aromatic heterocycles. The van der Waals surface area contributed by atoms with E-state index in [1.165, 1.54) is 17.2 Å². The van der Waals surface area contributed by atoms with Gasteiger partial charge in [-0.3, -0.25) is 4.79 Å². The van der Waals surface area contributed by atoms with Gasteiger partial charge in [0.2, 0.25) is 6.29 Å². The van der Waals surface area contributed by atoms with E-state index in [4.69, 9.17) is 0 Å². The molecule has 1 radical (unpaired) electrons. The largest absolute Gasteiger partial charge is 0.286 e. The normalized spacial score (nSPS) is 12.5. The first-order valence-electron chi connectivity index (χ1n) is 5.88. The van der Waals surface area contributed by atoms with Crippen molar-refractivity contribution >= 4 is 6.29 Å². The van der Waals surface area contributed by atoms with E-state index in [-0.39, 0.29) is 0 Å². The van der Waals surface area contributed by atoms with E-state index in [1.54, 1.807) is 0 Å². The van der Waals surface area contributed by atoms with Crippen LogP contribution in [0, 0.1) is 0 Å². The summed E-state index contributed by atoms with van der Waals surface area (Å²) in [4.78, 5) is 10.1. The fraction of sp³-hybridized carbons (Fsp3) is 0.533. The van der Waals surface area contributed by atoms with Crippen molar-refractivity contribution in [3.8, 4) is 0 Å². The lowest BCUT2D eigenvalue weighted by molar-refractivity contribution is 0.564. The monoisotopic (exact) mass is 219 g/mol. The maximum atomic E-state index is 10.1. The molecule has 0 unspecified atom stereocenters. The number of carbonyl (C=O) groups excluding carboxylic acids is 1. The Morgan fingerprint density at radius 1 is 0.938 bits per heavy atom. The molecule has 0 aliphatic rings. The van der Waals surface area contributed by atoms with Gasteiger partial charge >= 0.3 is 0 Å². The third kappa shape index (κ3) is 9.45. The molecule has 0 heterocycles. The SMILES string of the molecule is CC(C)=CCCC(C)=CCCC(C)=C[C]=O. The first-order valence-corrected chi connectivity index (χ1v) is 5.88. The van der Waals surface area contributed by atoms with Gasteiger partial charge in [-0.1, -0.05) is 28.9 Å². The second kappa shape index (κ2) is 9.14. The van der Waals surface area contributed by atoms with Gasteiger partial charge in [0, 0.05) is 0 Å². The first kappa shape index (κ1) is 14.9. The zero-order valence-electron chi connectivity index (χ0n) is 11.0. The molecule has 1 nitrogen and oxygen atoms in total. The predicted octanol–water partition coefficient (Wildman–Crippen LogP) is 4.52. The lowest BCUT2D eigenvalue weighted by Gasteiger charge is -2.00. The standard InChI is InChI=1S/C15H23O/c1-13(2)7-5-8-14(3)9-6-10-15(4)11-12-16/h7,9,11H,5-6,8,10H2,1-4H3. The number of hydrogen-bond donors (Lipinski definition) is 0. The van der Waals surface area contributed by atoms with Crippen molar-refractivity contribution in [3.05, 3.63) is 34.9 Å². The Hall–Kier alpha value is -1.11. The van der Waals surface area contributed by atoms with Gasteiger partial charge in [-0.15, -0.1) is 0 Å². The number of allylic oxidation sites excluding steroid dienone is 6. The Kier molecular flexibility index (Phi) is 8.51. The zero-order valence-corrected chi connectivity index (χ0v) is 11.0. The fourth-order valence-corrected chi connectivity index (χ4v) is 1.41. The summed E-state index contributed by atoms with van der Waals surface area (Å²) in [6, 6.07) is 0. The number of hydrogen-bond acceptors (Lipinski definition) is 1. The molecule has 0 aliphatic heterocycles. The Morgan fingerprint density at radius 3 is 2.06 bits per heavy atom. The summed E-state index contributed by atoms with van der Waals surface area (Å²) in [6.07, 6.45) is 12.1. The van der Waals surface area contributed by atoms with Crippen LogP contribution in [-0.2, 0) is 4.79 Å². The highest BCUT2D eigenvalue weighted by atomic mass is 16.1. The average Bonchev–Trinajstić information content (AvgIpc) is 2.17. The summed E-state index contributed by atoms with van der Waals surface area (Å²) in [6.45, 7) is 8.40. The molecule has 0 aromatic carbocycles. The quantitative estimate of drug-likeness (QED) is 0.454. The molecule has 0 aromatic rings. The van der Waals surface area contributed by atoms with Gasteiger partial charge in [0.05, 0.1) is 0 Å². The van der Waals surface area contributed by atoms with Gasteiger partial charge in [0.15, 0.2) is 0 Å². The van der Waals surface area contributed by atoms with E-state index < -0.39 is 0 Å².